The number of pyridine rings is 1. The van der Waals surface area contributed by atoms with Crippen molar-refractivity contribution in [2.45, 2.75) is 25.9 Å². The van der Waals surface area contributed by atoms with E-state index >= 15 is 0 Å². The van der Waals surface area contributed by atoms with Crippen molar-refractivity contribution in [1.29, 1.82) is 0 Å². The SMILES string of the molecule is Nc1c2c(nc3ccc(N4CCCC4)cc13)CCOC2. The molecule has 2 N–H and O–H groups in total. The van der Waals surface area contributed by atoms with Crippen molar-refractivity contribution in [1.82, 2.24) is 4.98 Å². The first-order valence-corrected chi connectivity index (χ1v) is 7.36. The molecule has 104 valence electrons. The van der Waals surface area contributed by atoms with Crippen molar-refractivity contribution in [3.05, 3.63) is 29.5 Å². The summed E-state index contributed by atoms with van der Waals surface area (Å²) >= 11 is 0. The van der Waals surface area contributed by atoms with E-state index < -0.39 is 0 Å². The van der Waals surface area contributed by atoms with Crippen LogP contribution < -0.4 is 10.6 Å². The predicted molar refractivity (Wildman–Crippen MR) is 81.0 cm³/mol. The fraction of sp³-hybridized carbons (Fsp3) is 0.438. The largest absolute Gasteiger partial charge is 0.398 e. The van der Waals surface area contributed by atoms with Gasteiger partial charge < -0.3 is 15.4 Å². The molecule has 1 saturated heterocycles. The van der Waals surface area contributed by atoms with E-state index in [9.17, 15) is 0 Å². The zero-order chi connectivity index (χ0) is 13.5. The van der Waals surface area contributed by atoms with E-state index in [0.29, 0.717) is 6.61 Å². The lowest BCUT2D eigenvalue weighted by atomic mass is 10.0. The van der Waals surface area contributed by atoms with Crippen LogP contribution in [-0.2, 0) is 17.8 Å². The zero-order valence-corrected chi connectivity index (χ0v) is 11.6. The molecule has 20 heavy (non-hydrogen) atoms. The van der Waals surface area contributed by atoms with E-state index in [1.807, 2.05) is 0 Å². The van der Waals surface area contributed by atoms with E-state index in [0.717, 1.165) is 54.0 Å². The van der Waals surface area contributed by atoms with Crippen molar-refractivity contribution in [2.75, 3.05) is 30.3 Å². The molecule has 4 rings (SSSR count). The average molecular weight is 269 g/mol. The van der Waals surface area contributed by atoms with Crippen molar-refractivity contribution < 1.29 is 4.74 Å². The molecule has 0 radical (unpaired) electrons. The minimum Gasteiger partial charge on any atom is -0.398 e. The highest BCUT2D eigenvalue weighted by atomic mass is 16.5. The van der Waals surface area contributed by atoms with E-state index in [2.05, 4.69) is 23.1 Å². The Balaban J connectivity index is 1.86. The van der Waals surface area contributed by atoms with Gasteiger partial charge in [0.1, 0.15) is 0 Å². The highest BCUT2D eigenvalue weighted by molar-refractivity contribution is 5.94. The molecule has 1 aromatic heterocycles. The highest BCUT2D eigenvalue weighted by Crippen LogP contribution is 2.32. The van der Waals surface area contributed by atoms with Crippen LogP contribution in [0.1, 0.15) is 24.1 Å². The summed E-state index contributed by atoms with van der Waals surface area (Å²) in [6, 6.07) is 6.47. The number of nitrogen functional groups attached to an aromatic ring is 1. The maximum absolute atomic E-state index is 6.37. The summed E-state index contributed by atoms with van der Waals surface area (Å²) in [4.78, 5) is 7.19. The van der Waals surface area contributed by atoms with E-state index in [-0.39, 0.29) is 0 Å². The van der Waals surface area contributed by atoms with Crippen molar-refractivity contribution in [3.8, 4) is 0 Å². The summed E-state index contributed by atoms with van der Waals surface area (Å²) < 4.78 is 5.53. The Labute approximate surface area is 118 Å². The first-order chi connectivity index (χ1) is 9.83. The van der Waals surface area contributed by atoms with Gasteiger partial charge in [0.25, 0.3) is 0 Å². The molecule has 1 fully saturated rings. The van der Waals surface area contributed by atoms with Gasteiger partial charge in [-0.05, 0) is 31.0 Å². The van der Waals surface area contributed by atoms with Crippen LogP contribution in [0.3, 0.4) is 0 Å². The van der Waals surface area contributed by atoms with Gasteiger partial charge in [-0.1, -0.05) is 0 Å². The second kappa shape index (κ2) is 4.63. The monoisotopic (exact) mass is 269 g/mol. The zero-order valence-electron chi connectivity index (χ0n) is 11.6. The number of rotatable bonds is 1. The van der Waals surface area contributed by atoms with Gasteiger partial charge in [-0.25, -0.2) is 0 Å². The number of nitrogens with two attached hydrogens (primary N) is 1. The number of hydrogen-bond donors (Lipinski definition) is 1. The molecular weight excluding hydrogens is 250 g/mol. The standard InChI is InChI=1S/C16H19N3O/c17-16-12-9-11(19-6-1-2-7-19)3-4-14(12)18-15-5-8-20-10-13(15)16/h3-4,9H,1-2,5-8,10H2,(H2,17,18). The minimum absolute atomic E-state index is 0.595. The summed E-state index contributed by atoms with van der Waals surface area (Å²) in [7, 11) is 0. The summed E-state index contributed by atoms with van der Waals surface area (Å²) in [5.74, 6) is 0. The molecule has 0 spiro atoms. The van der Waals surface area contributed by atoms with Crippen LogP contribution in [-0.4, -0.2) is 24.7 Å². The molecule has 2 aliphatic heterocycles. The Kier molecular flexibility index (Phi) is 2.77. The molecule has 4 nitrogen and oxygen atoms in total. The van der Waals surface area contributed by atoms with Gasteiger partial charge in [0.05, 0.1) is 24.4 Å². The third-order valence-corrected chi connectivity index (χ3v) is 4.40. The van der Waals surface area contributed by atoms with Crippen LogP contribution in [0.5, 0.6) is 0 Å². The number of fused-ring (bicyclic) bond motifs is 2. The lowest BCUT2D eigenvalue weighted by molar-refractivity contribution is 0.110. The summed E-state index contributed by atoms with van der Waals surface area (Å²) in [5, 5.41) is 1.07. The molecule has 0 amide bonds. The first kappa shape index (κ1) is 12.0. The third kappa shape index (κ3) is 1.83. The predicted octanol–water partition coefficient (Wildman–Crippen LogP) is 2.49. The average Bonchev–Trinajstić information content (AvgIpc) is 3.02. The Morgan fingerprint density at radius 3 is 2.90 bits per heavy atom. The molecule has 0 aliphatic carbocycles. The van der Waals surface area contributed by atoms with Crippen molar-refractivity contribution in [3.63, 3.8) is 0 Å². The Bertz CT molecular complexity index is 662. The van der Waals surface area contributed by atoms with E-state index in [1.54, 1.807) is 0 Å². The minimum atomic E-state index is 0.595. The number of nitrogens with zero attached hydrogens (tertiary/aromatic N) is 2. The van der Waals surface area contributed by atoms with Crippen LogP contribution in [0.25, 0.3) is 10.9 Å². The lowest BCUT2D eigenvalue weighted by Crippen LogP contribution is -2.18. The lowest BCUT2D eigenvalue weighted by Gasteiger charge is -2.21. The van der Waals surface area contributed by atoms with Gasteiger partial charge >= 0.3 is 0 Å². The fourth-order valence-electron chi connectivity index (χ4n) is 3.25. The van der Waals surface area contributed by atoms with E-state index in [1.165, 1.54) is 18.5 Å². The Hall–Kier alpha value is -1.81. The maximum Gasteiger partial charge on any atom is 0.0755 e. The molecule has 2 aliphatic rings. The molecule has 0 unspecified atom stereocenters. The summed E-state index contributed by atoms with van der Waals surface area (Å²) in [6.07, 6.45) is 3.43. The molecule has 0 atom stereocenters. The van der Waals surface area contributed by atoms with Gasteiger partial charge in [-0.3, -0.25) is 4.98 Å². The fourth-order valence-corrected chi connectivity index (χ4v) is 3.25. The second-order valence-corrected chi connectivity index (χ2v) is 5.65. The Morgan fingerprint density at radius 2 is 2.05 bits per heavy atom. The van der Waals surface area contributed by atoms with Crippen LogP contribution in [0.4, 0.5) is 11.4 Å². The second-order valence-electron chi connectivity index (χ2n) is 5.65. The van der Waals surface area contributed by atoms with Crippen molar-refractivity contribution in [2.24, 2.45) is 0 Å². The van der Waals surface area contributed by atoms with Gasteiger partial charge in [0.2, 0.25) is 0 Å². The summed E-state index contributed by atoms with van der Waals surface area (Å²) in [6.45, 7) is 3.63. The molecule has 3 heterocycles. The molecule has 0 bridgehead atoms. The van der Waals surface area contributed by atoms with Gasteiger partial charge in [0, 0.05) is 41.8 Å². The Morgan fingerprint density at radius 1 is 1.20 bits per heavy atom. The van der Waals surface area contributed by atoms with Gasteiger partial charge in [-0.2, -0.15) is 0 Å². The van der Waals surface area contributed by atoms with Crippen LogP contribution >= 0.6 is 0 Å². The molecule has 0 saturated carbocycles. The maximum atomic E-state index is 6.37. The number of ether oxygens (including phenoxy) is 1. The van der Waals surface area contributed by atoms with Gasteiger partial charge in [-0.15, -0.1) is 0 Å². The first-order valence-electron chi connectivity index (χ1n) is 7.36. The molecule has 4 heteroatoms. The third-order valence-electron chi connectivity index (χ3n) is 4.40. The smallest absolute Gasteiger partial charge is 0.0755 e. The van der Waals surface area contributed by atoms with E-state index in [4.69, 9.17) is 15.5 Å². The van der Waals surface area contributed by atoms with Gasteiger partial charge in [0.15, 0.2) is 0 Å². The number of anilines is 2. The number of aromatic nitrogens is 1. The highest BCUT2D eigenvalue weighted by Gasteiger charge is 2.18. The quantitative estimate of drug-likeness (QED) is 0.864. The topological polar surface area (TPSA) is 51.4 Å². The van der Waals surface area contributed by atoms with Crippen LogP contribution in [0.2, 0.25) is 0 Å². The normalized spacial score (nSPS) is 18.5. The molecule has 1 aromatic carbocycles. The number of hydrogen-bond acceptors (Lipinski definition) is 4. The number of benzene rings is 1. The summed E-state index contributed by atoms with van der Waals surface area (Å²) in [5.41, 5.74) is 11.7. The molecule has 2 aromatic rings. The van der Waals surface area contributed by atoms with Crippen LogP contribution in [0, 0.1) is 0 Å². The molecular formula is C16H19N3O. The van der Waals surface area contributed by atoms with Crippen molar-refractivity contribution >= 4 is 22.3 Å². The van der Waals surface area contributed by atoms with Crippen LogP contribution in [0.15, 0.2) is 18.2 Å².